The molecule has 1 N–H and O–H groups in total. The van der Waals surface area contributed by atoms with Crippen LogP contribution in [0.2, 0.25) is 0 Å². The van der Waals surface area contributed by atoms with Crippen molar-refractivity contribution in [3.63, 3.8) is 0 Å². The van der Waals surface area contributed by atoms with E-state index in [0.29, 0.717) is 0 Å². The van der Waals surface area contributed by atoms with E-state index in [1.165, 1.54) is 24.3 Å². The van der Waals surface area contributed by atoms with Gasteiger partial charge in [-0.25, -0.2) is 0 Å². The lowest BCUT2D eigenvalue weighted by Gasteiger charge is -2.12. The Balaban J connectivity index is 2.28. The van der Waals surface area contributed by atoms with Crippen LogP contribution in [0.1, 0.15) is 20.7 Å². The van der Waals surface area contributed by atoms with Gasteiger partial charge >= 0.3 is 15.6 Å². The van der Waals surface area contributed by atoms with Crippen LogP contribution in [0.4, 0.5) is 13.2 Å². The van der Waals surface area contributed by atoms with Gasteiger partial charge < -0.3 is 4.18 Å². The highest BCUT2D eigenvalue weighted by Crippen LogP contribution is 2.36. The summed E-state index contributed by atoms with van der Waals surface area (Å²) in [7, 11) is -5.91. The first-order valence-electron chi connectivity index (χ1n) is 6.04. The van der Waals surface area contributed by atoms with Gasteiger partial charge in [0, 0.05) is 5.39 Å². The molecule has 2 amide bonds. The molecule has 0 fully saturated rings. The number of nitrogens with one attached hydrogen (secondary N) is 1. The summed E-state index contributed by atoms with van der Waals surface area (Å²) in [5.41, 5.74) is -5.91. The largest absolute Gasteiger partial charge is 0.534 e. The van der Waals surface area contributed by atoms with Crippen molar-refractivity contribution in [2.45, 2.75) is 5.51 Å². The lowest BCUT2D eigenvalue weighted by atomic mass is 10.00. The highest BCUT2D eigenvalue weighted by Gasteiger charge is 2.49. The van der Waals surface area contributed by atoms with Crippen molar-refractivity contribution in [2.75, 3.05) is 0 Å². The molecule has 3 rings (SSSR count). The predicted octanol–water partition coefficient (Wildman–Crippen LogP) is 1.95. The molecule has 0 saturated carbocycles. The molecule has 23 heavy (non-hydrogen) atoms. The average Bonchev–Trinajstić information content (AvgIpc) is 2.72. The Kier molecular flexibility index (Phi) is 3.11. The van der Waals surface area contributed by atoms with Gasteiger partial charge in [0.15, 0.2) is 5.75 Å². The van der Waals surface area contributed by atoms with E-state index in [1.54, 1.807) is 0 Å². The van der Waals surface area contributed by atoms with Crippen LogP contribution in [0.25, 0.3) is 10.8 Å². The van der Waals surface area contributed by atoms with E-state index in [-0.39, 0.29) is 21.9 Å². The summed E-state index contributed by atoms with van der Waals surface area (Å²) in [6.07, 6.45) is 0. The molecule has 1 heterocycles. The minimum atomic E-state index is -5.91. The third-order valence-corrected chi connectivity index (χ3v) is 4.15. The lowest BCUT2D eigenvalue weighted by molar-refractivity contribution is -0.0499. The SMILES string of the molecule is O=C1NC(=O)c2c1ccc1cccc(OS(=O)(=O)C(F)(F)F)c21. The predicted molar refractivity (Wildman–Crippen MR) is 71.3 cm³/mol. The summed E-state index contributed by atoms with van der Waals surface area (Å²) < 4.78 is 64.0. The van der Waals surface area contributed by atoms with E-state index >= 15 is 0 Å². The van der Waals surface area contributed by atoms with Crippen molar-refractivity contribution >= 4 is 32.7 Å². The zero-order valence-corrected chi connectivity index (χ0v) is 11.8. The van der Waals surface area contributed by atoms with Crippen molar-refractivity contribution in [1.82, 2.24) is 5.32 Å². The molecule has 0 atom stereocenters. The maximum Gasteiger partial charge on any atom is 0.534 e. The van der Waals surface area contributed by atoms with Crippen molar-refractivity contribution in [2.24, 2.45) is 0 Å². The molecule has 0 saturated heterocycles. The van der Waals surface area contributed by atoms with Crippen molar-refractivity contribution < 1.29 is 35.4 Å². The molecule has 0 radical (unpaired) electrons. The Morgan fingerprint density at radius 2 is 1.70 bits per heavy atom. The number of halogens is 3. The van der Waals surface area contributed by atoms with Crippen LogP contribution in [0.3, 0.4) is 0 Å². The van der Waals surface area contributed by atoms with Crippen LogP contribution in [0, 0.1) is 0 Å². The fourth-order valence-electron chi connectivity index (χ4n) is 2.24. The number of fused-ring (bicyclic) bond motifs is 3. The number of imide groups is 1. The molecule has 0 aliphatic carbocycles. The van der Waals surface area contributed by atoms with Gasteiger partial charge in [-0.1, -0.05) is 18.2 Å². The van der Waals surface area contributed by atoms with Crippen LogP contribution in [0.5, 0.6) is 5.75 Å². The molecule has 2 aromatic carbocycles. The first-order chi connectivity index (χ1) is 10.6. The molecular weight excluding hydrogens is 339 g/mol. The Labute approximate surface area is 127 Å². The monoisotopic (exact) mass is 345 g/mol. The summed E-state index contributed by atoms with van der Waals surface area (Å²) in [5.74, 6) is -2.24. The standard InChI is InChI=1S/C13H6F3NO5S/c14-13(15,16)23(20,21)22-8-3-1-2-6-4-5-7-10(9(6)8)12(19)17-11(7)18/h1-5H,(H,17,18,19). The molecular formula is C13H6F3NO5S. The van der Waals surface area contributed by atoms with Crippen LogP contribution in [-0.4, -0.2) is 25.7 Å². The van der Waals surface area contributed by atoms with Gasteiger partial charge in [-0.05, 0) is 17.5 Å². The van der Waals surface area contributed by atoms with Crippen LogP contribution < -0.4 is 9.50 Å². The van der Waals surface area contributed by atoms with Crippen LogP contribution in [0.15, 0.2) is 30.3 Å². The molecule has 1 aliphatic heterocycles. The minimum Gasteiger partial charge on any atom is -0.375 e. The first kappa shape index (κ1) is 15.3. The Morgan fingerprint density at radius 1 is 1.00 bits per heavy atom. The van der Waals surface area contributed by atoms with Crippen molar-refractivity contribution in [3.05, 3.63) is 41.5 Å². The zero-order chi connectivity index (χ0) is 17.0. The van der Waals surface area contributed by atoms with Crippen molar-refractivity contribution in [1.29, 1.82) is 0 Å². The zero-order valence-electron chi connectivity index (χ0n) is 11.0. The first-order valence-corrected chi connectivity index (χ1v) is 7.45. The third-order valence-electron chi connectivity index (χ3n) is 3.19. The number of hydrogen-bond donors (Lipinski definition) is 1. The van der Waals surface area contributed by atoms with E-state index < -0.39 is 33.2 Å². The maximum absolute atomic E-state index is 12.5. The Bertz CT molecular complexity index is 965. The molecule has 2 aromatic rings. The van der Waals surface area contributed by atoms with E-state index in [9.17, 15) is 31.2 Å². The second-order valence-corrected chi connectivity index (χ2v) is 6.15. The number of rotatable bonds is 2. The molecule has 0 bridgehead atoms. The molecule has 0 unspecified atom stereocenters. The van der Waals surface area contributed by atoms with Crippen LogP contribution in [-0.2, 0) is 10.1 Å². The van der Waals surface area contributed by atoms with Gasteiger partial charge in [0.2, 0.25) is 0 Å². The van der Waals surface area contributed by atoms with Gasteiger partial charge in [-0.2, -0.15) is 21.6 Å². The maximum atomic E-state index is 12.5. The van der Waals surface area contributed by atoms with Gasteiger partial charge in [0.1, 0.15) is 0 Å². The summed E-state index contributed by atoms with van der Waals surface area (Å²) in [6.45, 7) is 0. The van der Waals surface area contributed by atoms with E-state index in [1.807, 2.05) is 5.32 Å². The molecule has 0 aromatic heterocycles. The molecule has 1 aliphatic rings. The number of carbonyl (C=O) groups excluding carboxylic acids is 2. The van der Waals surface area contributed by atoms with Gasteiger partial charge in [-0.15, -0.1) is 0 Å². The van der Waals surface area contributed by atoms with E-state index in [4.69, 9.17) is 0 Å². The van der Waals surface area contributed by atoms with Gasteiger partial charge in [0.25, 0.3) is 11.8 Å². The number of carbonyl (C=O) groups is 2. The van der Waals surface area contributed by atoms with Crippen molar-refractivity contribution in [3.8, 4) is 5.75 Å². The topological polar surface area (TPSA) is 89.5 Å². The van der Waals surface area contributed by atoms with E-state index in [2.05, 4.69) is 4.18 Å². The summed E-state index contributed by atoms with van der Waals surface area (Å²) in [5, 5.41) is 2.06. The fraction of sp³-hybridized carbons (Fsp3) is 0.0769. The second-order valence-electron chi connectivity index (χ2n) is 4.61. The highest BCUT2D eigenvalue weighted by molar-refractivity contribution is 7.88. The number of benzene rings is 2. The third kappa shape index (κ3) is 2.31. The molecule has 0 spiro atoms. The van der Waals surface area contributed by atoms with Crippen LogP contribution >= 0.6 is 0 Å². The fourth-order valence-corrected chi connectivity index (χ4v) is 2.71. The normalized spacial score (nSPS) is 14.7. The number of hydrogen-bond acceptors (Lipinski definition) is 5. The molecule has 120 valence electrons. The number of alkyl halides is 3. The minimum absolute atomic E-state index is 0.0667. The molecule has 10 heteroatoms. The second kappa shape index (κ2) is 4.69. The summed E-state index contributed by atoms with van der Waals surface area (Å²) in [6, 6.07) is 6.38. The summed E-state index contributed by atoms with van der Waals surface area (Å²) >= 11 is 0. The highest BCUT2D eigenvalue weighted by atomic mass is 32.2. The Morgan fingerprint density at radius 3 is 2.35 bits per heavy atom. The smallest absolute Gasteiger partial charge is 0.375 e. The lowest BCUT2D eigenvalue weighted by Crippen LogP contribution is -2.28. The average molecular weight is 345 g/mol. The number of amides is 2. The van der Waals surface area contributed by atoms with Gasteiger partial charge in [0.05, 0.1) is 11.1 Å². The summed E-state index contributed by atoms with van der Waals surface area (Å²) in [4.78, 5) is 23.4. The Hall–Kier alpha value is -2.62. The quantitative estimate of drug-likeness (QED) is 0.510. The van der Waals surface area contributed by atoms with E-state index in [0.717, 1.165) is 6.07 Å². The molecule has 6 nitrogen and oxygen atoms in total. The van der Waals surface area contributed by atoms with Gasteiger partial charge in [-0.3, -0.25) is 14.9 Å².